The van der Waals surface area contributed by atoms with Gasteiger partial charge in [-0.3, -0.25) is 4.79 Å². The van der Waals surface area contributed by atoms with Gasteiger partial charge in [-0.05, 0) is 37.7 Å². The first-order chi connectivity index (χ1) is 16.7. The fourth-order valence-electron chi connectivity index (χ4n) is 5.26. The second kappa shape index (κ2) is 8.59. The standard InChI is InChI=1S/C24H29FN8OS/c1-15-9-18(30-29-17(15)10-26)33-13-23(3,4)19-20(27-14-28-21(19)33)31-6-7-32(16(2)11-31)22(34)24(12-25)5-8-35-24/h9,14,16H,5-8,11-13H2,1-4H3/t16?,24-/m1/s1. The lowest BCUT2D eigenvalue weighted by Crippen LogP contribution is -2.61. The van der Waals surface area contributed by atoms with Crippen molar-refractivity contribution in [3.8, 4) is 6.07 Å². The molecule has 2 saturated heterocycles. The largest absolute Gasteiger partial charge is 0.352 e. The average molecular weight is 497 g/mol. The van der Waals surface area contributed by atoms with Gasteiger partial charge in [0.1, 0.15) is 35.5 Å². The van der Waals surface area contributed by atoms with Gasteiger partial charge in [-0.15, -0.1) is 22.0 Å². The summed E-state index contributed by atoms with van der Waals surface area (Å²) in [4.78, 5) is 28.5. The zero-order valence-corrected chi connectivity index (χ0v) is 21.3. The van der Waals surface area contributed by atoms with Crippen molar-refractivity contribution in [2.24, 2.45) is 0 Å². The number of anilines is 3. The normalized spacial score (nSPS) is 25.1. The number of aromatic nitrogens is 4. The number of halogens is 1. The van der Waals surface area contributed by atoms with Crippen LogP contribution in [-0.2, 0) is 10.2 Å². The van der Waals surface area contributed by atoms with Crippen LogP contribution in [-0.4, -0.2) is 80.4 Å². The molecule has 11 heteroatoms. The van der Waals surface area contributed by atoms with Crippen LogP contribution in [0.3, 0.4) is 0 Å². The van der Waals surface area contributed by atoms with Crippen LogP contribution in [0.15, 0.2) is 12.4 Å². The topological polar surface area (TPSA) is 102 Å². The molecule has 2 aromatic rings. The second-order valence-electron chi connectivity index (χ2n) is 10.2. The van der Waals surface area contributed by atoms with Gasteiger partial charge in [0.25, 0.3) is 0 Å². The Kier molecular flexibility index (Phi) is 5.82. The Hall–Kier alpha value is -3.00. The van der Waals surface area contributed by atoms with Gasteiger partial charge in [-0.2, -0.15) is 5.26 Å². The maximum atomic E-state index is 13.7. The molecule has 2 atom stereocenters. The quantitative estimate of drug-likeness (QED) is 0.632. The predicted molar refractivity (Wildman–Crippen MR) is 133 cm³/mol. The molecule has 3 aliphatic heterocycles. The lowest BCUT2D eigenvalue weighted by Gasteiger charge is -2.47. The zero-order chi connectivity index (χ0) is 25.0. The van der Waals surface area contributed by atoms with E-state index in [1.807, 2.05) is 29.7 Å². The Morgan fingerprint density at radius 1 is 1.29 bits per heavy atom. The molecule has 2 aromatic heterocycles. The number of alkyl halides is 1. The van der Waals surface area contributed by atoms with Crippen LogP contribution in [0.25, 0.3) is 0 Å². The minimum absolute atomic E-state index is 0.0563. The van der Waals surface area contributed by atoms with Crippen LogP contribution in [0.2, 0.25) is 0 Å². The summed E-state index contributed by atoms with van der Waals surface area (Å²) < 4.78 is 12.8. The van der Waals surface area contributed by atoms with Crippen LogP contribution in [0.4, 0.5) is 21.8 Å². The average Bonchev–Trinajstić information content (AvgIpc) is 3.09. The van der Waals surface area contributed by atoms with Gasteiger partial charge in [0, 0.05) is 43.2 Å². The summed E-state index contributed by atoms with van der Waals surface area (Å²) in [5.74, 6) is 3.06. The van der Waals surface area contributed by atoms with Crippen molar-refractivity contribution in [3.63, 3.8) is 0 Å². The van der Waals surface area contributed by atoms with E-state index in [1.165, 1.54) is 11.8 Å². The van der Waals surface area contributed by atoms with Gasteiger partial charge >= 0.3 is 0 Å². The lowest BCUT2D eigenvalue weighted by molar-refractivity contribution is -0.137. The van der Waals surface area contributed by atoms with E-state index < -0.39 is 11.4 Å². The number of nitriles is 1. The van der Waals surface area contributed by atoms with Crippen LogP contribution in [0.1, 0.15) is 44.0 Å². The summed E-state index contributed by atoms with van der Waals surface area (Å²) in [6.45, 7) is 10.0. The molecule has 35 heavy (non-hydrogen) atoms. The van der Waals surface area contributed by atoms with Gasteiger partial charge in [0.15, 0.2) is 11.5 Å². The fraction of sp³-hybridized carbons (Fsp3) is 0.583. The van der Waals surface area contributed by atoms with Crippen molar-refractivity contribution in [1.82, 2.24) is 25.1 Å². The molecule has 0 N–H and O–H groups in total. The molecule has 2 fully saturated rings. The first-order valence-electron chi connectivity index (χ1n) is 11.8. The third-order valence-corrected chi connectivity index (χ3v) is 8.77. The van der Waals surface area contributed by atoms with E-state index >= 15 is 0 Å². The summed E-state index contributed by atoms with van der Waals surface area (Å²) in [7, 11) is 0. The van der Waals surface area contributed by atoms with E-state index in [2.05, 4.69) is 45.0 Å². The van der Waals surface area contributed by atoms with E-state index in [9.17, 15) is 14.4 Å². The highest BCUT2D eigenvalue weighted by Crippen LogP contribution is 2.47. The van der Waals surface area contributed by atoms with Crippen molar-refractivity contribution in [2.45, 2.75) is 50.3 Å². The monoisotopic (exact) mass is 496 g/mol. The summed E-state index contributed by atoms with van der Waals surface area (Å²) >= 11 is 1.44. The van der Waals surface area contributed by atoms with E-state index in [1.54, 1.807) is 6.33 Å². The minimum atomic E-state index is -0.880. The van der Waals surface area contributed by atoms with Gasteiger partial charge in [0.05, 0.1) is 0 Å². The number of thioether (sulfide) groups is 1. The number of rotatable bonds is 4. The maximum Gasteiger partial charge on any atom is 0.241 e. The first kappa shape index (κ1) is 23.7. The minimum Gasteiger partial charge on any atom is -0.352 e. The van der Waals surface area contributed by atoms with Gasteiger partial charge in [-0.1, -0.05) is 13.8 Å². The number of piperazine rings is 1. The zero-order valence-electron chi connectivity index (χ0n) is 20.5. The molecule has 0 saturated carbocycles. The molecule has 1 unspecified atom stereocenters. The third kappa shape index (κ3) is 3.78. The molecule has 0 radical (unpaired) electrons. The molecule has 0 spiro atoms. The van der Waals surface area contributed by atoms with Crippen molar-refractivity contribution in [1.29, 1.82) is 5.26 Å². The first-order valence-corrected chi connectivity index (χ1v) is 12.8. The number of carbonyl (C=O) groups excluding carboxylic acids is 1. The van der Waals surface area contributed by atoms with E-state index in [0.29, 0.717) is 44.1 Å². The predicted octanol–water partition coefficient (Wildman–Crippen LogP) is 2.76. The van der Waals surface area contributed by atoms with Crippen molar-refractivity contribution >= 4 is 35.1 Å². The van der Waals surface area contributed by atoms with E-state index in [4.69, 9.17) is 0 Å². The van der Waals surface area contributed by atoms with Crippen molar-refractivity contribution in [2.75, 3.05) is 48.4 Å². The number of aryl methyl sites for hydroxylation is 1. The number of hydrogen-bond donors (Lipinski definition) is 0. The van der Waals surface area contributed by atoms with Gasteiger partial charge in [-0.25, -0.2) is 14.4 Å². The fourth-order valence-corrected chi connectivity index (χ4v) is 6.28. The Labute approximate surface area is 208 Å². The SMILES string of the molecule is Cc1cc(N2CC(C)(C)c3c(N4CCN(C(=O)[C@]5(CF)CCS5)C(C)C4)ncnc32)nnc1C#N. The van der Waals surface area contributed by atoms with Crippen LogP contribution < -0.4 is 9.80 Å². The number of fused-ring (bicyclic) bond motifs is 1. The van der Waals surface area contributed by atoms with Crippen LogP contribution >= 0.6 is 11.8 Å². The number of hydrogen-bond acceptors (Lipinski definition) is 9. The molecular formula is C24H29FN8OS. The van der Waals surface area contributed by atoms with Crippen molar-refractivity contribution < 1.29 is 9.18 Å². The molecule has 0 aromatic carbocycles. The Morgan fingerprint density at radius 2 is 2.03 bits per heavy atom. The molecule has 9 nitrogen and oxygen atoms in total. The van der Waals surface area contributed by atoms with Crippen molar-refractivity contribution in [3.05, 3.63) is 29.2 Å². The number of amides is 1. The van der Waals surface area contributed by atoms with E-state index in [-0.39, 0.29) is 17.4 Å². The van der Waals surface area contributed by atoms with Crippen LogP contribution in [0.5, 0.6) is 0 Å². The Bertz CT molecular complexity index is 1200. The highest BCUT2D eigenvalue weighted by Gasteiger charge is 2.49. The molecule has 5 heterocycles. The van der Waals surface area contributed by atoms with Crippen LogP contribution in [0, 0.1) is 18.3 Å². The summed E-state index contributed by atoms with van der Waals surface area (Å²) in [5.41, 5.74) is 1.85. The summed E-state index contributed by atoms with van der Waals surface area (Å²) in [6, 6.07) is 3.87. The smallest absolute Gasteiger partial charge is 0.241 e. The lowest BCUT2D eigenvalue weighted by atomic mass is 9.87. The maximum absolute atomic E-state index is 13.7. The number of carbonyl (C=O) groups is 1. The summed E-state index contributed by atoms with van der Waals surface area (Å²) in [5, 5.41) is 17.6. The molecule has 0 bridgehead atoms. The summed E-state index contributed by atoms with van der Waals surface area (Å²) in [6.07, 6.45) is 2.18. The second-order valence-corrected chi connectivity index (χ2v) is 11.7. The molecule has 3 aliphatic rings. The van der Waals surface area contributed by atoms with Gasteiger partial charge in [0.2, 0.25) is 5.91 Å². The third-order valence-electron chi connectivity index (χ3n) is 7.32. The van der Waals surface area contributed by atoms with Gasteiger partial charge < -0.3 is 14.7 Å². The Balaban J connectivity index is 1.43. The highest BCUT2D eigenvalue weighted by atomic mass is 32.2. The Morgan fingerprint density at radius 3 is 2.63 bits per heavy atom. The van der Waals surface area contributed by atoms with E-state index in [0.717, 1.165) is 28.5 Å². The highest BCUT2D eigenvalue weighted by molar-refractivity contribution is 8.02. The molecule has 184 valence electrons. The molecule has 1 amide bonds. The molecule has 0 aliphatic carbocycles. The number of nitrogens with zero attached hydrogens (tertiary/aromatic N) is 8. The molecule has 5 rings (SSSR count). The molecular weight excluding hydrogens is 467 g/mol.